The number of nitrogens with zero attached hydrogens (tertiary/aromatic N) is 6. The molecule has 0 unspecified atom stereocenters. The molecule has 2 aromatic rings. The number of hydrogen-bond acceptors (Lipinski definition) is 7. The Hall–Kier alpha value is -3.04. The Morgan fingerprint density at radius 2 is 1.55 bits per heavy atom. The molecule has 3 saturated heterocycles. The van der Waals surface area contributed by atoms with E-state index in [0.717, 1.165) is 58.2 Å². The quantitative estimate of drug-likeness (QED) is 0.663. The fraction of sp³-hybridized carbons (Fsp3) is 0.500. The molecule has 0 atom stereocenters. The molecule has 9 nitrogen and oxygen atoms in total. The third-order valence-electron chi connectivity index (χ3n) is 7.06. The van der Waals surface area contributed by atoms with Crippen molar-refractivity contribution in [3.8, 4) is 0 Å². The van der Waals surface area contributed by atoms with Gasteiger partial charge in [-0.2, -0.15) is 0 Å². The fourth-order valence-electron chi connectivity index (χ4n) is 4.98. The van der Waals surface area contributed by atoms with Crippen LogP contribution in [0.3, 0.4) is 0 Å². The van der Waals surface area contributed by atoms with Crippen molar-refractivity contribution in [1.29, 1.82) is 0 Å². The average molecular weight is 450 g/mol. The smallest absolute Gasteiger partial charge is 0.326 e. The molecule has 3 amide bonds. The minimum atomic E-state index is -0.736. The summed E-state index contributed by atoms with van der Waals surface area (Å²) in [6.45, 7) is 6.02. The summed E-state index contributed by atoms with van der Waals surface area (Å²) >= 11 is 0. The van der Waals surface area contributed by atoms with Crippen molar-refractivity contribution < 1.29 is 9.59 Å². The molecule has 0 bridgehead atoms. The molecule has 1 aromatic heterocycles. The third-order valence-corrected chi connectivity index (χ3v) is 7.06. The number of aromatic nitrogens is 2. The maximum Gasteiger partial charge on any atom is 0.326 e. The van der Waals surface area contributed by atoms with E-state index in [1.165, 1.54) is 10.5 Å². The van der Waals surface area contributed by atoms with Crippen molar-refractivity contribution in [1.82, 2.24) is 30.0 Å². The first-order valence-corrected chi connectivity index (χ1v) is 11.8. The fourth-order valence-corrected chi connectivity index (χ4v) is 4.98. The predicted molar refractivity (Wildman–Crippen MR) is 125 cm³/mol. The van der Waals surface area contributed by atoms with Gasteiger partial charge in [-0.1, -0.05) is 30.3 Å². The van der Waals surface area contributed by atoms with E-state index in [-0.39, 0.29) is 11.9 Å². The standard InChI is InChI=1S/C24H31N7O2/c32-21-24(8-13-28(14-9-24)12-7-20-5-2-1-3-6-20)27-23(33)31(21)19-29-15-17-30(18-16-29)22-25-10-4-11-26-22/h1-6,10-11H,7-9,12-19H2,(H,27,33). The summed E-state index contributed by atoms with van der Waals surface area (Å²) in [7, 11) is 0. The Morgan fingerprint density at radius 1 is 0.848 bits per heavy atom. The van der Waals surface area contributed by atoms with Crippen LogP contribution >= 0.6 is 0 Å². The summed E-state index contributed by atoms with van der Waals surface area (Å²) in [4.78, 5) is 42.8. The van der Waals surface area contributed by atoms with E-state index in [1.54, 1.807) is 18.5 Å². The van der Waals surface area contributed by atoms with Gasteiger partial charge in [0, 0.05) is 58.2 Å². The number of anilines is 1. The van der Waals surface area contributed by atoms with Gasteiger partial charge in [-0.05, 0) is 30.9 Å². The van der Waals surface area contributed by atoms with E-state index < -0.39 is 5.54 Å². The van der Waals surface area contributed by atoms with Crippen LogP contribution in [-0.2, 0) is 11.2 Å². The third kappa shape index (κ3) is 4.69. The number of likely N-dealkylation sites (tertiary alicyclic amines) is 1. The maximum atomic E-state index is 13.3. The molecule has 3 fully saturated rings. The van der Waals surface area contributed by atoms with E-state index in [4.69, 9.17) is 0 Å². The Bertz CT molecular complexity index is 955. The second kappa shape index (κ2) is 9.44. The lowest BCUT2D eigenvalue weighted by Gasteiger charge is -2.38. The van der Waals surface area contributed by atoms with E-state index in [2.05, 4.69) is 54.2 Å². The van der Waals surface area contributed by atoms with Gasteiger partial charge in [0.2, 0.25) is 5.95 Å². The first kappa shape index (κ1) is 21.8. The van der Waals surface area contributed by atoms with Gasteiger partial charge in [0.25, 0.3) is 5.91 Å². The van der Waals surface area contributed by atoms with Crippen molar-refractivity contribution in [2.45, 2.75) is 24.8 Å². The van der Waals surface area contributed by atoms with Gasteiger partial charge in [-0.3, -0.25) is 9.69 Å². The molecule has 1 N–H and O–H groups in total. The van der Waals surface area contributed by atoms with E-state index >= 15 is 0 Å². The second-order valence-corrected chi connectivity index (χ2v) is 9.12. The predicted octanol–water partition coefficient (Wildman–Crippen LogP) is 1.19. The van der Waals surface area contributed by atoms with Crippen LogP contribution in [0.5, 0.6) is 0 Å². The highest BCUT2D eigenvalue weighted by atomic mass is 16.2. The highest BCUT2D eigenvalue weighted by Crippen LogP contribution is 2.30. The van der Waals surface area contributed by atoms with Crippen molar-refractivity contribution in [2.75, 3.05) is 57.4 Å². The zero-order valence-corrected chi connectivity index (χ0v) is 18.9. The van der Waals surface area contributed by atoms with Gasteiger partial charge in [0.1, 0.15) is 5.54 Å². The molecule has 174 valence electrons. The van der Waals surface area contributed by atoms with Crippen molar-refractivity contribution >= 4 is 17.9 Å². The molecular weight excluding hydrogens is 418 g/mol. The number of amides is 3. The minimum absolute atomic E-state index is 0.0657. The van der Waals surface area contributed by atoms with Gasteiger partial charge in [0.05, 0.1) is 6.67 Å². The van der Waals surface area contributed by atoms with E-state index in [0.29, 0.717) is 19.5 Å². The SMILES string of the molecule is O=C1NC2(CCN(CCc3ccccc3)CC2)C(=O)N1CN1CCN(c2ncccn2)CC1. The molecule has 3 aliphatic heterocycles. The maximum absolute atomic E-state index is 13.3. The van der Waals surface area contributed by atoms with Crippen LogP contribution in [0, 0.1) is 0 Å². The van der Waals surface area contributed by atoms with Crippen LogP contribution in [0.4, 0.5) is 10.7 Å². The molecule has 3 aliphatic rings. The summed E-state index contributed by atoms with van der Waals surface area (Å²) in [5.41, 5.74) is 0.591. The van der Waals surface area contributed by atoms with Crippen LogP contribution in [0.1, 0.15) is 18.4 Å². The van der Waals surface area contributed by atoms with Crippen LogP contribution in [0.15, 0.2) is 48.8 Å². The first-order valence-electron chi connectivity index (χ1n) is 11.8. The summed E-state index contributed by atoms with van der Waals surface area (Å²) in [5, 5.41) is 3.04. The highest BCUT2D eigenvalue weighted by Gasteiger charge is 2.52. The molecule has 9 heteroatoms. The molecule has 0 aliphatic carbocycles. The number of piperidine rings is 1. The number of benzene rings is 1. The monoisotopic (exact) mass is 449 g/mol. The number of carbonyl (C=O) groups is 2. The zero-order valence-electron chi connectivity index (χ0n) is 18.9. The van der Waals surface area contributed by atoms with Crippen molar-refractivity contribution in [3.63, 3.8) is 0 Å². The Morgan fingerprint density at radius 3 is 2.24 bits per heavy atom. The van der Waals surface area contributed by atoms with Crippen LogP contribution in [-0.4, -0.2) is 94.6 Å². The van der Waals surface area contributed by atoms with Gasteiger partial charge >= 0.3 is 6.03 Å². The van der Waals surface area contributed by atoms with Gasteiger partial charge in [-0.25, -0.2) is 19.7 Å². The summed E-state index contributed by atoms with van der Waals surface area (Å²) in [6, 6.07) is 12.0. The van der Waals surface area contributed by atoms with Crippen LogP contribution in [0.25, 0.3) is 0 Å². The Balaban J connectivity index is 1.12. The van der Waals surface area contributed by atoms with Crippen LogP contribution in [0.2, 0.25) is 0 Å². The van der Waals surface area contributed by atoms with Crippen LogP contribution < -0.4 is 10.2 Å². The summed E-state index contributed by atoms with van der Waals surface area (Å²) < 4.78 is 0. The summed E-state index contributed by atoms with van der Waals surface area (Å²) in [6.07, 6.45) is 5.83. The number of rotatable bonds is 6. The number of carbonyl (C=O) groups excluding carboxylic acids is 2. The molecule has 1 aromatic carbocycles. The van der Waals surface area contributed by atoms with Gasteiger partial charge in [0.15, 0.2) is 0 Å². The Labute approximate surface area is 194 Å². The lowest BCUT2D eigenvalue weighted by atomic mass is 9.87. The van der Waals surface area contributed by atoms with E-state index in [1.807, 2.05) is 6.07 Å². The zero-order chi connectivity index (χ0) is 22.7. The minimum Gasteiger partial charge on any atom is -0.338 e. The largest absolute Gasteiger partial charge is 0.338 e. The lowest BCUT2D eigenvalue weighted by Crippen LogP contribution is -2.56. The lowest BCUT2D eigenvalue weighted by molar-refractivity contribution is -0.134. The number of hydrogen-bond donors (Lipinski definition) is 1. The first-order chi connectivity index (χ1) is 16.1. The number of urea groups is 1. The van der Waals surface area contributed by atoms with Crippen molar-refractivity contribution in [3.05, 3.63) is 54.4 Å². The molecule has 5 rings (SSSR count). The van der Waals surface area contributed by atoms with Gasteiger partial charge < -0.3 is 15.1 Å². The Kier molecular flexibility index (Phi) is 6.24. The molecule has 0 saturated carbocycles. The number of nitrogens with one attached hydrogen (secondary N) is 1. The normalized spacial score (nSPS) is 21.6. The number of piperazine rings is 1. The average Bonchev–Trinajstić information content (AvgIpc) is 3.09. The van der Waals surface area contributed by atoms with Crippen molar-refractivity contribution in [2.24, 2.45) is 0 Å². The molecule has 4 heterocycles. The van der Waals surface area contributed by atoms with Gasteiger partial charge in [-0.15, -0.1) is 0 Å². The van der Waals surface area contributed by atoms with E-state index in [9.17, 15) is 9.59 Å². The summed E-state index contributed by atoms with van der Waals surface area (Å²) in [5.74, 6) is 0.661. The topological polar surface area (TPSA) is 84.9 Å². The second-order valence-electron chi connectivity index (χ2n) is 9.12. The number of imide groups is 1. The molecule has 0 radical (unpaired) electrons. The highest BCUT2D eigenvalue weighted by molar-refractivity contribution is 6.07. The molecule has 1 spiro atoms. The molecular formula is C24H31N7O2. The molecule has 33 heavy (non-hydrogen) atoms.